The molecule has 2 aromatic carbocycles. The number of hydrogen-bond acceptors (Lipinski definition) is 4. The fourth-order valence-electron chi connectivity index (χ4n) is 3.38. The summed E-state index contributed by atoms with van der Waals surface area (Å²) in [6.07, 6.45) is -3.42. The van der Waals surface area contributed by atoms with Gasteiger partial charge in [0.1, 0.15) is 11.6 Å². The van der Waals surface area contributed by atoms with Crippen molar-refractivity contribution in [2.24, 2.45) is 0 Å². The van der Waals surface area contributed by atoms with Crippen molar-refractivity contribution in [3.63, 3.8) is 0 Å². The van der Waals surface area contributed by atoms with E-state index in [1.807, 2.05) is 0 Å². The molecule has 0 aliphatic heterocycles. The van der Waals surface area contributed by atoms with E-state index in [1.54, 1.807) is 18.2 Å². The Morgan fingerprint density at radius 1 is 1.14 bits per heavy atom. The number of carbonyl (C=O) groups is 1. The van der Waals surface area contributed by atoms with E-state index in [9.17, 15) is 27.5 Å². The Kier molecular flexibility index (Phi) is 7.28. The molecule has 0 spiro atoms. The summed E-state index contributed by atoms with van der Waals surface area (Å²) in [6.45, 7) is -0.0000461. The molecule has 1 heterocycles. The highest BCUT2D eigenvalue weighted by atomic mass is 35.5. The van der Waals surface area contributed by atoms with E-state index >= 15 is 0 Å². The molecule has 1 aromatic heterocycles. The Morgan fingerprint density at radius 2 is 1.86 bits per heavy atom. The van der Waals surface area contributed by atoms with Gasteiger partial charge in [-0.05, 0) is 54.8 Å². The maximum atomic E-state index is 13.3. The lowest BCUT2D eigenvalue weighted by atomic mass is 10.1. The quantitative estimate of drug-likeness (QED) is 0.394. The number of amides is 1. The molecule has 1 atom stereocenters. The molecule has 5 nitrogen and oxygen atoms in total. The van der Waals surface area contributed by atoms with Crippen molar-refractivity contribution in [3.8, 4) is 5.75 Å². The molecule has 4 rings (SSSR count). The van der Waals surface area contributed by atoms with Crippen LogP contribution in [0.2, 0.25) is 5.02 Å². The topological polar surface area (TPSA) is 62.7 Å². The highest BCUT2D eigenvalue weighted by molar-refractivity contribution is 6.32. The molecule has 1 fully saturated rings. The number of anilines is 1. The minimum absolute atomic E-state index is 0.0000461. The number of hydrogen-bond donors (Lipinski definition) is 1. The van der Waals surface area contributed by atoms with Crippen LogP contribution in [-0.2, 0) is 17.4 Å². The molecule has 1 saturated carbocycles. The predicted molar refractivity (Wildman–Crippen MR) is 122 cm³/mol. The van der Waals surface area contributed by atoms with Crippen LogP contribution in [0.15, 0.2) is 60.8 Å². The molecule has 0 saturated heterocycles. The number of nitrogens with zero attached hydrogens (tertiary/aromatic N) is 2. The lowest BCUT2D eigenvalue weighted by Gasteiger charge is -2.26. The summed E-state index contributed by atoms with van der Waals surface area (Å²) in [4.78, 5) is 18.4. The zero-order chi connectivity index (χ0) is 25.2. The number of alkyl halides is 3. The van der Waals surface area contributed by atoms with Crippen LogP contribution in [0.4, 0.5) is 23.2 Å². The first-order valence-corrected chi connectivity index (χ1v) is 11.2. The van der Waals surface area contributed by atoms with E-state index in [0.717, 1.165) is 37.2 Å². The number of carbonyl (C=O) groups excluding carboxylic acids is 1. The maximum absolute atomic E-state index is 13.3. The average molecular weight is 509 g/mol. The first kappa shape index (κ1) is 24.9. The van der Waals surface area contributed by atoms with Crippen LogP contribution in [0.5, 0.6) is 5.75 Å². The molecule has 0 bridgehead atoms. The van der Waals surface area contributed by atoms with Gasteiger partial charge in [-0.25, -0.2) is 4.39 Å². The Bertz CT molecular complexity index is 1180. The molecule has 3 aromatic rings. The summed E-state index contributed by atoms with van der Waals surface area (Å²) < 4.78 is 57.6. The normalized spacial score (nSPS) is 14.5. The summed E-state index contributed by atoms with van der Waals surface area (Å²) >= 11 is 6.23. The van der Waals surface area contributed by atoms with E-state index in [4.69, 9.17) is 16.3 Å². The lowest BCUT2D eigenvalue weighted by Crippen LogP contribution is -2.37. The summed E-state index contributed by atoms with van der Waals surface area (Å²) in [7, 11) is 0. The Labute approximate surface area is 203 Å². The largest absolute Gasteiger partial charge is 0.489 e. The molecule has 1 N–H and O–H groups in total. The Balaban J connectivity index is 1.59. The fourth-order valence-corrected chi connectivity index (χ4v) is 3.55. The molecular weight excluding hydrogens is 488 g/mol. The number of aliphatic hydroxyl groups excluding tert-OH is 1. The van der Waals surface area contributed by atoms with Crippen molar-refractivity contribution in [2.45, 2.75) is 37.6 Å². The van der Waals surface area contributed by atoms with Gasteiger partial charge in [0, 0.05) is 36.6 Å². The smallest absolute Gasteiger partial charge is 0.417 e. The standard InChI is InChI=1S/C25H21ClF4N2O3/c26-21-10-7-19(13-22(21)35-20-8-9-20)32(24(34)23(33)15-1-4-17(27)5-2-15)12-11-18-6-3-16(14-31-18)25(28,29)30/h1-7,10,13-14,20,23,33H,8-9,11-12H2. The number of aromatic nitrogens is 1. The number of halogens is 5. The van der Waals surface area contributed by atoms with Crippen molar-refractivity contribution in [1.29, 1.82) is 0 Å². The molecule has 0 radical (unpaired) electrons. The van der Waals surface area contributed by atoms with Crippen LogP contribution in [0.25, 0.3) is 0 Å². The van der Waals surface area contributed by atoms with Crippen molar-refractivity contribution in [3.05, 3.63) is 88.5 Å². The zero-order valence-electron chi connectivity index (χ0n) is 18.3. The third kappa shape index (κ3) is 6.29. The molecule has 1 aliphatic rings. The second kappa shape index (κ2) is 10.2. The van der Waals surface area contributed by atoms with E-state index in [2.05, 4.69) is 4.98 Å². The maximum Gasteiger partial charge on any atom is 0.417 e. The van der Waals surface area contributed by atoms with Crippen molar-refractivity contribution < 1.29 is 32.2 Å². The predicted octanol–water partition coefficient (Wildman–Crippen LogP) is 5.74. The van der Waals surface area contributed by atoms with Crippen LogP contribution in [0.1, 0.15) is 35.8 Å². The van der Waals surface area contributed by atoms with Crippen LogP contribution in [0, 0.1) is 5.82 Å². The van der Waals surface area contributed by atoms with Gasteiger partial charge in [-0.2, -0.15) is 13.2 Å². The first-order chi connectivity index (χ1) is 16.6. The number of ether oxygens (including phenoxy) is 1. The average Bonchev–Trinajstić information content (AvgIpc) is 3.65. The van der Waals surface area contributed by atoms with Crippen molar-refractivity contribution in [1.82, 2.24) is 4.98 Å². The third-order valence-corrected chi connectivity index (χ3v) is 5.79. The molecule has 10 heteroatoms. The number of pyridine rings is 1. The number of aliphatic hydroxyl groups is 1. The van der Waals surface area contributed by atoms with Crippen molar-refractivity contribution in [2.75, 3.05) is 11.4 Å². The number of benzene rings is 2. The van der Waals surface area contributed by atoms with Gasteiger partial charge in [0.15, 0.2) is 6.10 Å². The molecule has 1 aliphatic carbocycles. The second-order valence-corrected chi connectivity index (χ2v) is 8.57. The summed E-state index contributed by atoms with van der Waals surface area (Å²) in [5.74, 6) is -0.838. The highest BCUT2D eigenvalue weighted by Crippen LogP contribution is 2.35. The monoisotopic (exact) mass is 508 g/mol. The van der Waals surface area contributed by atoms with Gasteiger partial charge >= 0.3 is 6.18 Å². The Hall–Kier alpha value is -3.17. The Morgan fingerprint density at radius 3 is 2.46 bits per heavy atom. The van der Waals surface area contributed by atoms with E-state index in [0.29, 0.717) is 22.2 Å². The highest BCUT2D eigenvalue weighted by Gasteiger charge is 2.31. The van der Waals surface area contributed by atoms with Gasteiger partial charge in [-0.1, -0.05) is 23.7 Å². The lowest BCUT2D eigenvalue weighted by molar-refractivity contribution is -0.137. The fraction of sp³-hybridized carbons (Fsp3) is 0.280. The van der Waals surface area contributed by atoms with E-state index in [1.165, 1.54) is 23.1 Å². The molecule has 1 unspecified atom stereocenters. The van der Waals surface area contributed by atoms with Crippen LogP contribution in [0.3, 0.4) is 0 Å². The van der Waals surface area contributed by atoms with Gasteiger partial charge in [0.05, 0.1) is 16.7 Å². The van der Waals surface area contributed by atoms with Crippen molar-refractivity contribution >= 4 is 23.2 Å². The van der Waals surface area contributed by atoms with Gasteiger partial charge in [0.2, 0.25) is 0 Å². The molecular formula is C25H21ClF4N2O3. The van der Waals surface area contributed by atoms with Crippen LogP contribution in [-0.4, -0.2) is 28.6 Å². The molecule has 35 heavy (non-hydrogen) atoms. The van der Waals surface area contributed by atoms with Crippen LogP contribution >= 0.6 is 11.6 Å². The number of rotatable bonds is 8. The van der Waals surface area contributed by atoms with E-state index < -0.39 is 29.6 Å². The summed E-state index contributed by atoms with van der Waals surface area (Å²) in [5.41, 5.74) is 0.0246. The third-order valence-electron chi connectivity index (χ3n) is 5.47. The molecule has 1 amide bonds. The van der Waals surface area contributed by atoms with E-state index in [-0.39, 0.29) is 24.6 Å². The van der Waals surface area contributed by atoms with Gasteiger partial charge in [0.25, 0.3) is 5.91 Å². The van der Waals surface area contributed by atoms with Gasteiger partial charge in [-0.15, -0.1) is 0 Å². The van der Waals surface area contributed by atoms with Crippen LogP contribution < -0.4 is 9.64 Å². The molecule has 184 valence electrons. The zero-order valence-corrected chi connectivity index (χ0v) is 19.1. The summed E-state index contributed by atoms with van der Waals surface area (Å²) in [5, 5.41) is 11.1. The SMILES string of the molecule is O=C(C(O)c1ccc(F)cc1)N(CCc1ccc(C(F)(F)F)cn1)c1ccc(Cl)c(OC2CC2)c1. The minimum Gasteiger partial charge on any atom is -0.489 e. The second-order valence-electron chi connectivity index (χ2n) is 8.16. The first-order valence-electron chi connectivity index (χ1n) is 10.8. The minimum atomic E-state index is -4.51. The van der Waals surface area contributed by atoms with Gasteiger partial charge < -0.3 is 14.7 Å². The van der Waals surface area contributed by atoms with Gasteiger partial charge in [-0.3, -0.25) is 9.78 Å². The summed E-state index contributed by atoms with van der Waals surface area (Å²) in [6, 6.07) is 11.8.